The van der Waals surface area contributed by atoms with E-state index in [2.05, 4.69) is 70.6 Å². The number of nitrogens with one attached hydrogen (secondary N) is 1. The first-order valence-corrected chi connectivity index (χ1v) is 8.78. The summed E-state index contributed by atoms with van der Waals surface area (Å²) in [6.07, 6.45) is 0. The van der Waals surface area contributed by atoms with Crippen LogP contribution in [0.1, 0.15) is 23.4 Å². The van der Waals surface area contributed by atoms with Gasteiger partial charge in [0.1, 0.15) is 0 Å². The lowest BCUT2D eigenvalue weighted by Crippen LogP contribution is -2.17. The van der Waals surface area contributed by atoms with Gasteiger partial charge in [-0.25, -0.2) is 0 Å². The highest BCUT2D eigenvalue weighted by atomic mass is 79.9. The molecular formula is C17H15BrClNS. The van der Waals surface area contributed by atoms with Crippen molar-refractivity contribution in [3.8, 4) is 0 Å². The highest BCUT2D eigenvalue weighted by Crippen LogP contribution is 2.35. The van der Waals surface area contributed by atoms with Crippen LogP contribution in [0.4, 0.5) is 0 Å². The molecule has 3 rings (SSSR count). The van der Waals surface area contributed by atoms with Crippen LogP contribution in [0, 0.1) is 0 Å². The van der Waals surface area contributed by atoms with Crippen LogP contribution >= 0.6 is 38.9 Å². The van der Waals surface area contributed by atoms with Crippen LogP contribution in [-0.4, -0.2) is 0 Å². The average molecular weight is 381 g/mol. The predicted octanol–water partition coefficient (Wildman–Crippen LogP) is 6.17. The molecular weight excluding hydrogens is 366 g/mol. The average Bonchev–Trinajstić information content (AvgIpc) is 2.82. The molecule has 0 saturated heterocycles. The Morgan fingerprint density at radius 2 is 1.86 bits per heavy atom. The number of halogens is 2. The van der Waals surface area contributed by atoms with Crippen LogP contribution < -0.4 is 5.32 Å². The number of fused-ring (bicyclic) bond motifs is 1. The minimum absolute atomic E-state index is 0.291. The van der Waals surface area contributed by atoms with Crippen molar-refractivity contribution in [1.82, 2.24) is 5.32 Å². The molecule has 1 unspecified atom stereocenters. The molecule has 2 aromatic carbocycles. The standard InChI is InChI=1S/C17H15BrClNS/c1-11(12-6-8-13(18)9-7-12)20-10-16-17(19)14-4-2-3-5-15(14)21-16/h2-9,11,20H,10H2,1H3. The van der Waals surface area contributed by atoms with Crippen molar-refractivity contribution in [2.24, 2.45) is 0 Å². The first-order chi connectivity index (χ1) is 10.1. The largest absolute Gasteiger partial charge is 0.305 e. The molecule has 0 aliphatic carbocycles. The van der Waals surface area contributed by atoms with Gasteiger partial charge in [-0.1, -0.05) is 57.9 Å². The molecule has 0 saturated carbocycles. The maximum Gasteiger partial charge on any atom is 0.0636 e. The van der Waals surface area contributed by atoms with Crippen molar-refractivity contribution in [2.75, 3.05) is 0 Å². The minimum Gasteiger partial charge on any atom is -0.305 e. The molecule has 0 aliphatic heterocycles. The van der Waals surface area contributed by atoms with E-state index in [0.717, 1.165) is 21.4 Å². The highest BCUT2D eigenvalue weighted by Gasteiger charge is 2.11. The van der Waals surface area contributed by atoms with Crippen molar-refractivity contribution in [2.45, 2.75) is 19.5 Å². The van der Waals surface area contributed by atoms with Gasteiger partial charge in [0.05, 0.1) is 5.02 Å². The lowest BCUT2D eigenvalue weighted by atomic mass is 10.1. The fourth-order valence-electron chi connectivity index (χ4n) is 2.29. The molecule has 0 bridgehead atoms. The van der Waals surface area contributed by atoms with E-state index in [-0.39, 0.29) is 0 Å². The Labute approximate surface area is 142 Å². The summed E-state index contributed by atoms with van der Waals surface area (Å²) in [7, 11) is 0. The second-order valence-electron chi connectivity index (χ2n) is 4.99. The van der Waals surface area contributed by atoms with Crippen LogP contribution in [0.3, 0.4) is 0 Å². The van der Waals surface area contributed by atoms with Gasteiger partial charge in [-0.15, -0.1) is 11.3 Å². The van der Waals surface area contributed by atoms with E-state index in [0.29, 0.717) is 6.04 Å². The summed E-state index contributed by atoms with van der Waals surface area (Å²) in [6, 6.07) is 17.0. The summed E-state index contributed by atoms with van der Waals surface area (Å²) < 4.78 is 2.35. The molecule has 4 heteroatoms. The third-order valence-electron chi connectivity index (χ3n) is 3.54. The quantitative estimate of drug-likeness (QED) is 0.571. The lowest BCUT2D eigenvalue weighted by Gasteiger charge is -2.13. The molecule has 1 heterocycles. The fraction of sp³-hybridized carbons (Fsp3) is 0.176. The zero-order valence-electron chi connectivity index (χ0n) is 11.6. The van der Waals surface area contributed by atoms with Gasteiger partial charge in [0.15, 0.2) is 0 Å². The van der Waals surface area contributed by atoms with Crippen molar-refractivity contribution in [3.63, 3.8) is 0 Å². The zero-order valence-corrected chi connectivity index (χ0v) is 14.7. The van der Waals surface area contributed by atoms with E-state index in [1.807, 2.05) is 6.07 Å². The summed E-state index contributed by atoms with van der Waals surface area (Å²) in [5.74, 6) is 0. The molecule has 0 radical (unpaired) electrons. The van der Waals surface area contributed by atoms with Gasteiger partial charge in [-0.05, 0) is 30.7 Å². The first kappa shape index (κ1) is 15.0. The fourth-order valence-corrected chi connectivity index (χ4v) is 4.01. The third kappa shape index (κ3) is 3.32. The van der Waals surface area contributed by atoms with Gasteiger partial charge >= 0.3 is 0 Å². The Morgan fingerprint density at radius 3 is 2.57 bits per heavy atom. The van der Waals surface area contributed by atoms with Crippen LogP contribution in [0.25, 0.3) is 10.1 Å². The van der Waals surface area contributed by atoms with Crippen molar-refractivity contribution in [1.29, 1.82) is 0 Å². The van der Waals surface area contributed by atoms with E-state index >= 15 is 0 Å². The van der Waals surface area contributed by atoms with Gasteiger partial charge in [0.25, 0.3) is 0 Å². The summed E-state index contributed by atoms with van der Waals surface area (Å²) >= 11 is 11.7. The normalized spacial score (nSPS) is 12.7. The second-order valence-corrected chi connectivity index (χ2v) is 7.42. The first-order valence-electron chi connectivity index (χ1n) is 6.80. The van der Waals surface area contributed by atoms with Crippen LogP contribution in [-0.2, 0) is 6.54 Å². The Kier molecular flexibility index (Phi) is 4.65. The number of hydrogen-bond donors (Lipinski definition) is 1. The summed E-state index contributed by atoms with van der Waals surface area (Å²) in [5, 5.41) is 5.58. The molecule has 108 valence electrons. The summed E-state index contributed by atoms with van der Waals surface area (Å²) in [5.41, 5.74) is 1.27. The number of hydrogen-bond acceptors (Lipinski definition) is 2. The molecule has 1 N–H and O–H groups in total. The number of rotatable bonds is 4. The Hall–Kier alpha value is -0.870. The molecule has 1 nitrogen and oxygen atoms in total. The Balaban J connectivity index is 1.74. The molecule has 0 fully saturated rings. The van der Waals surface area contributed by atoms with Crippen LogP contribution in [0.2, 0.25) is 5.02 Å². The van der Waals surface area contributed by atoms with E-state index < -0.39 is 0 Å². The molecule has 1 atom stereocenters. The number of benzene rings is 2. The maximum atomic E-state index is 6.47. The molecule has 1 aromatic heterocycles. The van der Waals surface area contributed by atoms with Crippen molar-refractivity contribution < 1.29 is 0 Å². The Morgan fingerprint density at radius 1 is 1.14 bits per heavy atom. The molecule has 0 spiro atoms. The van der Waals surface area contributed by atoms with Gasteiger partial charge in [0, 0.05) is 32.0 Å². The Bertz CT molecular complexity index is 751. The van der Waals surface area contributed by atoms with Crippen LogP contribution in [0.15, 0.2) is 53.0 Å². The summed E-state index contributed by atoms with van der Waals surface area (Å²) in [4.78, 5) is 1.20. The molecule has 0 amide bonds. The topological polar surface area (TPSA) is 12.0 Å². The minimum atomic E-state index is 0.291. The van der Waals surface area contributed by atoms with Gasteiger partial charge < -0.3 is 5.32 Å². The van der Waals surface area contributed by atoms with Gasteiger partial charge in [-0.2, -0.15) is 0 Å². The highest BCUT2D eigenvalue weighted by molar-refractivity contribution is 9.10. The van der Waals surface area contributed by atoms with E-state index in [9.17, 15) is 0 Å². The van der Waals surface area contributed by atoms with Gasteiger partial charge in [-0.3, -0.25) is 0 Å². The van der Waals surface area contributed by atoms with E-state index in [4.69, 9.17) is 11.6 Å². The van der Waals surface area contributed by atoms with Gasteiger partial charge in [0.2, 0.25) is 0 Å². The molecule has 3 aromatic rings. The monoisotopic (exact) mass is 379 g/mol. The predicted molar refractivity (Wildman–Crippen MR) is 96.2 cm³/mol. The lowest BCUT2D eigenvalue weighted by molar-refractivity contribution is 0.579. The van der Waals surface area contributed by atoms with E-state index in [1.165, 1.54) is 15.1 Å². The second kappa shape index (κ2) is 6.49. The van der Waals surface area contributed by atoms with Crippen molar-refractivity contribution >= 4 is 49.0 Å². The zero-order chi connectivity index (χ0) is 14.8. The van der Waals surface area contributed by atoms with Crippen molar-refractivity contribution in [3.05, 3.63) is 68.5 Å². The summed E-state index contributed by atoms with van der Waals surface area (Å²) in [6.45, 7) is 2.96. The molecule has 21 heavy (non-hydrogen) atoms. The SMILES string of the molecule is CC(NCc1sc2ccccc2c1Cl)c1ccc(Br)cc1. The third-order valence-corrected chi connectivity index (χ3v) is 5.78. The maximum absolute atomic E-state index is 6.47. The smallest absolute Gasteiger partial charge is 0.0636 e. The number of thiophene rings is 1. The van der Waals surface area contributed by atoms with E-state index in [1.54, 1.807) is 11.3 Å². The molecule has 0 aliphatic rings. The van der Waals surface area contributed by atoms with Crippen LogP contribution in [0.5, 0.6) is 0 Å².